The quantitative estimate of drug-likeness (QED) is 0.281. The number of phenolic OH excluding ortho intramolecular Hbond substituents is 1. The molecule has 0 saturated carbocycles. The molecule has 0 aliphatic rings. The molecule has 0 aliphatic carbocycles. The molecule has 0 unspecified atom stereocenters. The van der Waals surface area contributed by atoms with Gasteiger partial charge in [0.25, 0.3) is 0 Å². The zero-order chi connectivity index (χ0) is 20.4. The van der Waals surface area contributed by atoms with E-state index in [-0.39, 0.29) is 18.1 Å². The number of hydrogen-bond acceptors (Lipinski definition) is 8. The number of benzene rings is 2. The standard InChI is InChI=1S/C19H15FN4O4S/c20-14-3-1-2-4-15(14)27-9-17-22-23-19(24(17)21)29-10-11-7-18(26)28-16-8-12(25)5-6-13(11)16/h1-8,25H,9-10,21H2. The van der Waals surface area contributed by atoms with Crippen LogP contribution in [0.25, 0.3) is 11.0 Å². The van der Waals surface area contributed by atoms with Gasteiger partial charge in [-0.15, -0.1) is 10.2 Å². The van der Waals surface area contributed by atoms with Crippen molar-refractivity contribution in [2.45, 2.75) is 17.5 Å². The highest BCUT2D eigenvalue weighted by Gasteiger charge is 2.14. The number of para-hydroxylation sites is 1. The van der Waals surface area contributed by atoms with Crippen molar-refractivity contribution in [3.05, 3.63) is 76.2 Å². The second kappa shape index (κ2) is 7.84. The van der Waals surface area contributed by atoms with Gasteiger partial charge in [0.2, 0.25) is 5.16 Å². The lowest BCUT2D eigenvalue weighted by atomic mass is 10.1. The van der Waals surface area contributed by atoms with Gasteiger partial charge in [-0.3, -0.25) is 0 Å². The summed E-state index contributed by atoms with van der Waals surface area (Å²) >= 11 is 1.27. The number of nitrogen functional groups attached to an aromatic ring is 1. The third kappa shape index (κ3) is 4.02. The fourth-order valence-electron chi connectivity index (χ4n) is 2.69. The van der Waals surface area contributed by atoms with Gasteiger partial charge in [0.05, 0.1) is 0 Å². The van der Waals surface area contributed by atoms with Crippen molar-refractivity contribution in [2.75, 3.05) is 5.84 Å². The molecule has 0 spiro atoms. The molecule has 29 heavy (non-hydrogen) atoms. The Morgan fingerprint density at radius 2 is 2.03 bits per heavy atom. The van der Waals surface area contributed by atoms with Gasteiger partial charge in [-0.2, -0.15) is 0 Å². The van der Waals surface area contributed by atoms with Crippen molar-refractivity contribution in [1.82, 2.24) is 14.9 Å². The maximum Gasteiger partial charge on any atom is 0.336 e. The van der Waals surface area contributed by atoms with E-state index in [1.807, 2.05) is 0 Å². The number of aromatic hydroxyl groups is 1. The fourth-order valence-corrected chi connectivity index (χ4v) is 3.55. The Hall–Kier alpha value is -3.53. The van der Waals surface area contributed by atoms with Crippen molar-refractivity contribution in [2.24, 2.45) is 0 Å². The van der Waals surface area contributed by atoms with E-state index in [4.69, 9.17) is 15.0 Å². The van der Waals surface area contributed by atoms with Gasteiger partial charge in [-0.1, -0.05) is 23.9 Å². The zero-order valence-corrected chi connectivity index (χ0v) is 15.7. The number of aromatic nitrogens is 3. The molecular formula is C19H15FN4O4S. The topological polar surface area (TPSA) is 116 Å². The highest BCUT2D eigenvalue weighted by Crippen LogP contribution is 2.27. The monoisotopic (exact) mass is 414 g/mol. The zero-order valence-electron chi connectivity index (χ0n) is 14.9. The molecular weight excluding hydrogens is 399 g/mol. The van der Waals surface area contributed by atoms with Crippen molar-refractivity contribution >= 4 is 22.7 Å². The van der Waals surface area contributed by atoms with E-state index in [1.54, 1.807) is 18.2 Å². The summed E-state index contributed by atoms with van der Waals surface area (Å²) < 4.78 is 25.4. The van der Waals surface area contributed by atoms with Crippen molar-refractivity contribution in [1.29, 1.82) is 0 Å². The fraction of sp³-hybridized carbons (Fsp3) is 0.105. The van der Waals surface area contributed by atoms with Crippen LogP contribution in [0, 0.1) is 5.82 Å². The van der Waals surface area contributed by atoms with Crippen LogP contribution in [-0.4, -0.2) is 20.0 Å². The van der Waals surface area contributed by atoms with Gasteiger partial charge in [0.1, 0.15) is 17.9 Å². The van der Waals surface area contributed by atoms with Gasteiger partial charge in [0.15, 0.2) is 17.4 Å². The van der Waals surface area contributed by atoms with E-state index in [9.17, 15) is 14.3 Å². The Morgan fingerprint density at radius 3 is 2.86 bits per heavy atom. The highest BCUT2D eigenvalue weighted by molar-refractivity contribution is 7.98. The van der Waals surface area contributed by atoms with E-state index in [1.165, 1.54) is 46.8 Å². The highest BCUT2D eigenvalue weighted by atomic mass is 32.2. The molecule has 0 saturated heterocycles. The van der Waals surface area contributed by atoms with E-state index in [0.717, 1.165) is 0 Å². The number of ether oxygens (including phenoxy) is 1. The minimum Gasteiger partial charge on any atom is -0.508 e. The Morgan fingerprint density at radius 1 is 1.21 bits per heavy atom. The SMILES string of the molecule is Nn1c(COc2ccccc2F)nnc1SCc1cc(=O)oc2cc(O)ccc12. The second-order valence-corrected chi connectivity index (χ2v) is 6.99. The molecule has 4 rings (SSSR count). The molecule has 0 radical (unpaired) electrons. The van der Waals surface area contributed by atoms with E-state index in [2.05, 4.69) is 10.2 Å². The predicted molar refractivity (Wildman–Crippen MR) is 105 cm³/mol. The van der Waals surface area contributed by atoms with Crippen LogP contribution in [0.4, 0.5) is 4.39 Å². The number of nitrogens with two attached hydrogens (primary N) is 1. The third-order valence-electron chi connectivity index (χ3n) is 4.10. The van der Waals surface area contributed by atoms with E-state index >= 15 is 0 Å². The van der Waals surface area contributed by atoms with Crippen LogP contribution < -0.4 is 16.2 Å². The molecule has 2 heterocycles. The molecule has 148 valence electrons. The van der Waals surface area contributed by atoms with Gasteiger partial charge >= 0.3 is 5.63 Å². The summed E-state index contributed by atoms with van der Waals surface area (Å²) in [6.45, 7) is -0.0534. The largest absolute Gasteiger partial charge is 0.508 e. The average molecular weight is 414 g/mol. The Balaban J connectivity index is 1.49. The Kier molecular flexibility index (Phi) is 5.09. The normalized spacial score (nSPS) is 11.1. The number of fused-ring (bicyclic) bond motifs is 1. The second-order valence-electron chi connectivity index (χ2n) is 6.05. The smallest absolute Gasteiger partial charge is 0.336 e. The Bertz CT molecular complexity index is 1240. The summed E-state index contributed by atoms with van der Waals surface area (Å²) in [5.41, 5.74) is 0.474. The van der Waals surface area contributed by atoms with Crippen LogP contribution in [-0.2, 0) is 12.4 Å². The molecule has 3 N–H and O–H groups in total. The summed E-state index contributed by atoms with van der Waals surface area (Å²) in [7, 11) is 0. The lowest BCUT2D eigenvalue weighted by Crippen LogP contribution is -2.16. The molecule has 0 aliphatic heterocycles. The summed E-state index contributed by atoms with van der Waals surface area (Å²) in [4.78, 5) is 11.8. The third-order valence-corrected chi connectivity index (χ3v) is 5.09. The first-order valence-corrected chi connectivity index (χ1v) is 9.45. The number of halogens is 1. The van der Waals surface area contributed by atoms with Crippen LogP contribution in [0.1, 0.15) is 11.4 Å². The van der Waals surface area contributed by atoms with Crippen LogP contribution in [0.3, 0.4) is 0 Å². The summed E-state index contributed by atoms with van der Waals surface area (Å²) in [5, 5.41) is 18.7. The molecule has 8 nitrogen and oxygen atoms in total. The molecule has 10 heteroatoms. The lowest BCUT2D eigenvalue weighted by Gasteiger charge is -2.07. The first-order chi connectivity index (χ1) is 14.0. The molecule has 0 fully saturated rings. The number of thioether (sulfide) groups is 1. The number of phenols is 1. The molecule has 2 aromatic carbocycles. The molecule has 2 aromatic heterocycles. The molecule has 0 atom stereocenters. The van der Waals surface area contributed by atoms with Crippen LogP contribution in [0.2, 0.25) is 0 Å². The van der Waals surface area contributed by atoms with Gasteiger partial charge in [-0.05, 0) is 29.8 Å². The van der Waals surface area contributed by atoms with Crippen molar-refractivity contribution < 1.29 is 18.7 Å². The first-order valence-electron chi connectivity index (χ1n) is 8.46. The van der Waals surface area contributed by atoms with Crippen molar-refractivity contribution in [3.63, 3.8) is 0 Å². The summed E-state index contributed by atoms with van der Waals surface area (Å²) in [6, 6.07) is 12.0. The van der Waals surface area contributed by atoms with E-state index < -0.39 is 11.4 Å². The van der Waals surface area contributed by atoms with Crippen LogP contribution in [0.5, 0.6) is 11.5 Å². The minimum absolute atomic E-state index is 0.00616. The molecule has 4 aromatic rings. The average Bonchev–Trinajstić information content (AvgIpc) is 3.04. The van der Waals surface area contributed by atoms with Gasteiger partial charge in [0, 0.05) is 23.3 Å². The number of rotatable bonds is 6. The minimum atomic E-state index is -0.521. The number of nitrogens with zero attached hydrogens (tertiary/aromatic N) is 3. The van der Waals surface area contributed by atoms with Gasteiger partial charge in [-0.25, -0.2) is 13.9 Å². The van der Waals surface area contributed by atoms with E-state index in [0.29, 0.717) is 33.3 Å². The van der Waals surface area contributed by atoms with Crippen LogP contribution >= 0.6 is 11.8 Å². The Labute approximate surface area is 167 Å². The lowest BCUT2D eigenvalue weighted by molar-refractivity contribution is 0.277. The predicted octanol–water partition coefficient (Wildman–Crippen LogP) is 2.81. The maximum atomic E-state index is 13.6. The molecule has 0 bridgehead atoms. The van der Waals surface area contributed by atoms with Crippen LogP contribution in [0.15, 0.2) is 62.9 Å². The molecule has 0 amide bonds. The number of hydrogen-bond donors (Lipinski definition) is 2. The van der Waals surface area contributed by atoms with Crippen molar-refractivity contribution in [3.8, 4) is 11.5 Å². The maximum absolute atomic E-state index is 13.6. The summed E-state index contributed by atoms with van der Waals surface area (Å²) in [6.07, 6.45) is 0. The van der Waals surface area contributed by atoms with Gasteiger partial charge < -0.3 is 20.1 Å². The first kappa shape index (κ1) is 18.8. The summed E-state index contributed by atoms with van der Waals surface area (Å²) in [5.74, 6) is 6.32.